The quantitative estimate of drug-likeness (QED) is 0.672. The van der Waals surface area contributed by atoms with Crippen molar-refractivity contribution in [2.75, 3.05) is 39.3 Å². The van der Waals surface area contributed by atoms with Gasteiger partial charge in [0.05, 0.1) is 0 Å². The fraction of sp³-hybridized carbons (Fsp3) is 0.400. The van der Waals surface area contributed by atoms with Crippen LogP contribution in [-0.2, 0) is 13.2 Å². The van der Waals surface area contributed by atoms with Crippen LogP contribution in [0.15, 0.2) is 42.5 Å². The molecule has 2 N–H and O–H groups in total. The number of piperazine rings is 1. The van der Waals surface area contributed by atoms with Crippen molar-refractivity contribution in [2.24, 2.45) is 0 Å². The van der Waals surface area contributed by atoms with Gasteiger partial charge in [-0.15, -0.1) is 0 Å². The van der Waals surface area contributed by atoms with Crippen molar-refractivity contribution in [1.29, 1.82) is 0 Å². The average Bonchev–Trinajstić information content (AvgIpc) is 2.66. The van der Waals surface area contributed by atoms with Crippen molar-refractivity contribution >= 4 is 23.2 Å². The normalized spacial score (nSPS) is 15.2. The Morgan fingerprint density at radius 2 is 1.73 bits per heavy atom. The van der Waals surface area contributed by atoms with E-state index in [0.717, 1.165) is 62.7 Å². The lowest BCUT2D eigenvalue weighted by Crippen LogP contribution is -2.45. The average molecular weight is 394 g/mol. The zero-order chi connectivity index (χ0) is 18.2. The lowest BCUT2D eigenvalue weighted by atomic mass is 10.2. The van der Waals surface area contributed by atoms with E-state index in [1.165, 1.54) is 0 Å². The van der Waals surface area contributed by atoms with Gasteiger partial charge in [-0.2, -0.15) is 0 Å². The third-order valence-electron chi connectivity index (χ3n) is 4.54. The molecule has 0 aliphatic carbocycles. The monoisotopic (exact) mass is 393 g/mol. The van der Waals surface area contributed by atoms with Gasteiger partial charge in [-0.05, 0) is 18.2 Å². The highest BCUT2D eigenvalue weighted by molar-refractivity contribution is 6.35. The molecule has 1 saturated heterocycles. The smallest absolute Gasteiger partial charge is 0.124 e. The first kappa shape index (κ1) is 19.5. The Labute approximate surface area is 165 Å². The Balaban J connectivity index is 1.51. The number of nitrogens with zero attached hydrogens (tertiary/aromatic N) is 1. The van der Waals surface area contributed by atoms with E-state index in [0.29, 0.717) is 16.7 Å². The second-order valence-corrected chi connectivity index (χ2v) is 7.18. The number of rotatable bonds is 8. The van der Waals surface area contributed by atoms with Gasteiger partial charge in [0.1, 0.15) is 12.4 Å². The van der Waals surface area contributed by atoms with E-state index in [1.54, 1.807) is 0 Å². The highest BCUT2D eigenvalue weighted by Crippen LogP contribution is 2.27. The molecule has 140 valence electrons. The van der Waals surface area contributed by atoms with E-state index < -0.39 is 0 Å². The highest BCUT2D eigenvalue weighted by Gasteiger charge is 2.10. The number of hydrogen-bond acceptors (Lipinski definition) is 4. The SMILES string of the molecule is Clc1cccc(Cl)c1COc1ccccc1CNCCN1CCNCC1. The molecule has 1 heterocycles. The molecule has 1 fully saturated rings. The molecule has 0 spiro atoms. The van der Waals surface area contributed by atoms with Gasteiger partial charge in [0, 0.05) is 67.0 Å². The molecule has 0 aromatic heterocycles. The molecule has 0 unspecified atom stereocenters. The molecule has 26 heavy (non-hydrogen) atoms. The van der Waals surface area contributed by atoms with E-state index in [9.17, 15) is 0 Å². The predicted octanol–water partition coefficient (Wildman–Crippen LogP) is 3.57. The summed E-state index contributed by atoms with van der Waals surface area (Å²) < 4.78 is 6.00. The molecule has 2 aromatic carbocycles. The molecular weight excluding hydrogens is 369 g/mol. The first-order chi connectivity index (χ1) is 12.7. The summed E-state index contributed by atoms with van der Waals surface area (Å²) in [5.41, 5.74) is 1.95. The molecule has 0 saturated carbocycles. The summed E-state index contributed by atoms with van der Waals surface area (Å²) in [6.07, 6.45) is 0. The number of para-hydroxylation sites is 1. The summed E-state index contributed by atoms with van der Waals surface area (Å²) in [5.74, 6) is 0.859. The Hall–Kier alpha value is -1.30. The summed E-state index contributed by atoms with van der Waals surface area (Å²) >= 11 is 12.5. The van der Waals surface area contributed by atoms with E-state index in [-0.39, 0.29) is 0 Å². The third kappa shape index (κ3) is 5.60. The first-order valence-electron chi connectivity index (χ1n) is 9.01. The first-order valence-corrected chi connectivity index (χ1v) is 9.77. The minimum atomic E-state index is 0.357. The molecule has 3 rings (SSSR count). The number of nitrogens with one attached hydrogen (secondary N) is 2. The van der Waals surface area contributed by atoms with Gasteiger partial charge in [-0.3, -0.25) is 4.90 Å². The van der Waals surface area contributed by atoms with Crippen LogP contribution in [0.3, 0.4) is 0 Å². The van der Waals surface area contributed by atoms with Gasteiger partial charge in [0.25, 0.3) is 0 Å². The molecule has 0 bridgehead atoms. The number of halogens is 2. The van der Waals surface area contributed by atoms with Crippen molar-refractivity contribution < 1.29 is 4.74 Å². The molecule has 0 amide bonds. The number of hydrogen-bond donors (Lipinski definition) is 2. The largest absolute Gasteiger partial charge is 0.488 e. The zero-order valence-electron chi connectivity index (χ0n) is 14.8. The van der Waals surface area contributed by atoms with Crippen LogP contribution >= 0.6 is 23.2 Å². The molecule has 0 radical (unpaired) electrons. The van der Waals surface area contributed by atoms with Crippen molar-refractivity contribution in [3.8, 4) is 5.75 Å². The Morgan fingerprint density at radius 1 is 1.00 bits per heavy atom. The fourth-order valence-electron chi connectivity index (χ4n) is 3.01. The van der Waals surface area contributed by atoms with Gasteiger partial charge in [0.2, 0.25) is 0 Å². The zero-order valence-corrected chi connectivity index (χ0v) is 16.3. The van der Waals surface area contributed by atoms with Crippen molar-refractivity contribution in [2.45, 2.75) is 13.2 Å². The molecule has 6 heteroatoms. The Kier molecular flexibility index (Phi) is 7.59. The van der Waals surface area contributed by atoms with Crippen molar-refractivity contribution in [3.05, 3.63) is 63.6 Å². The summed E-state index contributed by atoms with van der Waals surface area (Å²) in [6, 6.07) is 13.6. The summed E-state index contributed by atoms with van der Waals surface area (Å²) in [4.78, 5) is 2.48. The molecule has 0 atom stereocenters. The molecule has 1 aliphatic heterocycles. The van der Waals surface area contributed by atoms with E-state index >= 15 is 0 Å². The van der Waals surface area contributed by atoms with Crippen LogP contribution in [0.4, 0.5) is 0 Å². The van der Waals surface area contributed by atoms with Gasteiger partial charge in [-0.25, -0.2) is 0 Å². The van der Waals surface area contributed by atoms with Crippen LogP contribution in [0, 0.1) is 0 Å². The minimum absolute atomic E-state index is 0.357. The fourth-order valence-corrected chi connectivity index (χ4v) is 3.51. The minimum Gasteiger partial charge on any atom is -0.488 e. The standard InChI is InChI=1S/C20H25Cl2N3O/c21-18-5-3-6-19(22)17(18)15-26-20-7-2-1-4-16(20)14-24-10-13-25-11-8-23-9-12-25/h1-7,23-24H,8-15H2. The predicted molar refractivity (Wildman–Crippen MR) is 108 cm³/mol. The Bertz CT molecular complexity index is 685. The molecule has 4 nitrogen and oxygen atoms in total. The van der Waals surface area contributed by atoms with Crippen LogP contribution in [0.25, 0.3) is 0 Å². The second-order valence-electron chi connectivity index (χ2n) is 6.37. The van der Waals surface area contributed by atoms with E-state index in [2.05, 4.69) is 21.6 Å². The second kappa shape index (κ2) is 10.1. The van der Waals surface area contributed by atoms with Crippen molar-refractivity contribution in [3.63, 3.8) is 0 Å². The highest BCUT2D eigenvalue weighted by atomic mass is 35.5. The maximum absolute atomic E-state index is 6.23. The molecule has 2 aromatic rings. The topological polar surface area (TPSA) is 36.5 Å². The van der Waals surface area contributed by atoms with E-state index in [1.807, 2.05) is 36.4 Å². The number of benzene rings is 2. The van der Waals surface area contributed by atoms with Crippen molar-refractivity contribution in [1.82, 2.24) is 15.5 Å². The third-order valence-corrected chi connectivity index (χ3v) is 5.24. The van der Waals surface area contributed by atoms with Gasteiger partial charge in [-0.1, -0.05) is 47.5 Å². The van der Waals surface area contributed by atoms with Gasteiger partial charge in [0.15, 0.2) is 0 Å². The summed E-state index contributed by atoms with van der Waals surface area (Å²) in [7, 11) is 0. The van der Waals surface area contributed by atoms with Gasteiger partial charge < -0.3 is 15.4 Å². The van der Waals surface area contributed by atoms with Gasteiger partial charge >= 0.3 is 0 Å². The maximum atomic E-state index is 6.23. The number of ether oxygens (including phenoxy) is 1. The lowest BCUT2D eigenvalue weighted by molar-refractivity contribution is 0.240. The van der Waals surface area contributed by atoms with Crippen LogP contribution in [-0.4, -0.2) is 44.2 Å². The van der Waals surface area contributed by atoms with Crippen LogP contribution in [0.2, 0.25) is 10.0 Å². The summed E-state index contributed by atoms with van der Waals surface area (Å²) in [6.45, 7) is 7.59. The van der Waals surface area contributed by atoms with Crippen LogP contribution < -0.4 is 15.4 Å². The summed E-state index contributed by atoms with van der Waals surface area (Å²) in [5, 5.41) is 8.15. The Morgan fingerprint density at radius 3 is 2.50 bits per heavy atom. The van der Waals surface area contributed by atoms with E-state index in [4.69, 9.17) is 27.9 Å². The van der Waals surface area contributed by atoms with Crippen LogP contribution in [0.1, 0.15) is 11.1 Å². The van der Waals surface area contributed by atoms with Crippen LogP contribution in [0.5, 0.6) is 5.75 Å². The lowest BCUT2D eigenvalue weighted by Gasteiger charge is -2.27. The molecular formula is C20H25Cl2N3O. The maximum Gasteiger partial charge on any atom is 0.124 e. The molecule has 1 aliphatic rings.